The van der Waals surface area contributed by atoms with Gasteiger partial charge >= 0.3 is 0 Å². The fourth-order valence-corrected chi connectivity index (χ4v) is 7.60. The van der Waals surface area contributed by atoms with Gasteiger partial charge < -0.3 is 9.32 Å². The molecule has 0 aliphatic heterocycles. The van der Waals surface area contributed by atoms with Crippen molar-refractivity contribution in [3.63, 3.8) is 0 Å². The lowest BCUT2D eigenvalue weighted by molar-refractivity contribution is 0.669. The molecule has 0 saturated heterocycles. The summed E-state index contributed by atoms with van der Waals surface area (Å²) in [5.74, 6) is 0. The Morgan fingerprint density at radius 2 is 0.846 bits per heavy atom. The molecule has 10 aromatic rings. The number of hydrogen-bond acceptors (Lipinski definition) is 2. The lowest BCUT2D eigenvalue weighted by Gasteiger charge is -2.26. The lowest BCUT2D eigenvalue weighted by Crippen LogP contribution is -2.10. The van der Waals surface area contributed by atoms with E-state index in [-0.39, 0.29) is 0 Å². The summed E-state index contributed by atoms with van der Waals surface area (Å²) in [5, 5.41) is 7.23. The molecule has 2 nitrogen and oxygen atoms in total. The first-order valence-corrected chi connectivity index (χ1v) is 17.7. The Bertz CT molecular complexity index is 2890. The van der Waals surface area contributed by atoms with Crippen LogP contribution >= 0.6 is 0 Å². The number of rotatable bonds is 6. The van der Waals surface area contributed by atoms with E-state index in [0.29, 0.717) is 0 Å². The third-order valence-corrected chi connectivity index (χ3v) is 10.2. The molecule has 52 heavy (non-hydrogen) atoms. The van der Waals surface area contributed by atoms with Crippen molar-refractivity contribution >= 4 is 60.5 Å². The molecule has 0 aliphatic carbocycles. The summed E-state index contributed by atoms with van der Waals surface area (Å²) in [7, 11) is 0. The average molecular weight is 664 g/mol. The van der Waals surface area contributed by atoms with Gasteiger partial charge in [0.25, 0.3) is 0 Å². The van der Waals surface area contributed by atoms with E-state index in [1.54, 1.807) is 0 Å². The van der Waals surface area contributed by atoms with E-state index in [2.05, 4.69) is 193 Å². The second kappa shape index (κ2) is 12.5. The predicted octanol–water partition coefficient (Wildman–Crippen LogP) is 14.4. The van der Waals surface area contributed by atoms with Gasteiger partial charge in [-0.1, -0.05) is 140 Å². The second-order valence-corrected chi connectivity index (χ2v) is 13.4. The van der Waals surface area contributed by atoms with E-state index in [1.807, 2.05) is 12.1 Å². The van der Waals surface area contributed by atoms with Crippen molar-refractivity contribution in [2.45, 2.75) is 0 Å². The summed E-state index contributed by atoms with van der Waals surface area (Å²) < 4.78 is 6.21. The molecule has 0 atom stereocenters. The number of hydrogen-bond donors (Lipinski definition) is 0. The summed E-state index contributed by atoms with van der Waals surface area (Å²) >= 11 is 0. The molecule has 10 rings (SSSR count). The SMILES string of the molecule is c1ccc(-c2cccc(N(c3ccc(-c4ccc5ccccc5c4)cc3)c3ccc(-c4ccc5ccc6oc7ccccc7c6c5c4)cc3)c2)cc1. The maximum absolute atomic E-state index is 6.21. The van der Waals surface area contributed by atoms with Gasteiger partial charge in [0.2, 0.25) is 0 Å². The standard InChI is InChI=1S/C50H33NO/c1-2-9-34(10-3-1)40-13-8-14-45(32-40)51(43-26-21-36(22-27-43)41-19-17-35-11-4-5-12-39(35)31-41)44-28-23-37(24-29-44)42-20-18-38-25-30-49-50(47(38)33-42)46-15-6-7-16-48(46)52-49/h1-33H. The Kier molecular flexibility index (Phi) is 7.18. The molecule has 0 N–H and O–H groups in total. The summed E-state index contributed by atoms with van der Waals surface area (Å²) in [6.07, 6.45) is 0. The zero-order valence-electron chi connectivity index (χ0n) is 28.4. The minimum atomic E-state index is 0.918. The molecule has 0 radical (unpaired) electrons. The number of para-hydroxylation sites is 1. The number of nitrogens with zero attached hydrogens (tertiary/aromatic N) is 1. The maximum Gasteiger partial charge on any atom is 0.136 e. The van der Waals surface area contributed by atoms with E-state index >= 15 is 0 Å². The van der Waals surface area contributed by atoms with Crippen LogP contribution in [0, 0.1) is 0 Å². The van der Waals surface area contributed by atoms with Crippen molar-refractivity contribution in [1.29, 1.82) is 0 Å². The summed E-state index contributed by atoms with van der Waals surface area (Å²) in [6.45, 7) is 0. The van der Waals surface area contributed by atoms with Gasteiger partial charge in [0.1, 0.15) is 11.2 Å². The van der Waals surface area contributed by atoms with Crippen molar-refractivity contribution in [1.82, 2.24) is 0 Å². The van der Waals surface area contributed by atoms with Gasteiger partial charge in [-0.15, -0.1) is 0 Å². The molecule has 0 unspecified atom stereocenters. The van der Waals surface area contributed by atoms with Crippen LogP contribution in [0.4, 0.5) is 17.1 Å². The van der Waals surface area contributed by atoms with Crippen molar-refractivity contribution in [2.24, 2.45) is 0 Å². The maximum atomic E-state index is 6.21. The van der Waals surface area contributed by atoms with Crippen molar-refractivity contribution < 1.29 is 4.42 Å². The highest BCUT2D eigenvalue weighted by Gasteiger charge is 2.16. The van der Waals surface area contributed by atoms with Crippen molar-refractivity contribution in [3.05, 3.63) is 200 Å². The molecule has 0 saturated carbocycles. The molecule has 2 heteroatoms. The summed E-state index contributed by atoms with van der Waals surface area (Å²) in [5.41, 5.74) is 12.3. The molecule has 0 aliphatic rings. The van der Waals surface area contributed by atoms with Crippen LogP contribution in [0.3, 0.4) is 0 Å². The normalized spacial score (nSPS) is 11.5. The van der Waals surface area contributed by atoms with Gasteiger partial charge in [0.05, 0.1) is 0 Å². The number of benzene rings is 9. The predicted molar refractivity (Wildman–Crippen MR) is 220 cm³/mol. The Balaban J connectivity index is 1.05. The zero-order chi connectivity index (χ0) is 34.4. The van der Waals surface area contributed by atoms with E-state index in [1.165, 1.54) is 60.3 Å². The summed E-state index contributed by atoms with van der Waals surface area (Å²) in [4.78, 5) is 2.35. The van der Waals surface area contributed by atoms with Crippen molar-refractivity contribution in [2.75, 3.05) is 4.90 Å². The Hall–Kier alpha value is -6.90. The Labute approximate surface area is 302 Å². The van der Waals surface area contributed by atoms with E-state index < -0.39 is 0 Å². The fraction of sp³-hybridized carbons (Fsp3) is 0. The van der Waals surface area contributed by atoms with Gasteiger partial charge in [-0.25, -0.2) is 0 Å². The third-order valence-electron chi connectivity index (χ3n) is 10.2. The van der Waals surface area contributed by atoms with Crippen LogP contribution in [0.5, 0.6) is 0 Å². The molecule has 9 aromatic carbocycles. The highest BCUT2D eigenvalue weighted by Crippen LogP contribution is 2.40. The average Bonchev–Trinajstić information content (AvgIpc) is 3.61. The lowest BCUT2D eigenvalue weighted by atomic mass is 9.97. The number of furan rings is 1. The van der Waals surface area contributed by atoms with Gasteiger partial charge in [0.15, 0.2) is 0 Å². The van der Waals surface area contributed by atoms with Crippen LogP contribution in [0.1, 0.15) is 0 Å². The van der Waals surface area contributed by atoms with Crippen LogP contribution in [0.25, 0.3) is 76.9 Å². The topological polar surface area (TPSA) is 16.4 Å². The number of fused-ring (bicyclic) bond motifs is 6. The monoisotopic (exact) mass is 663 g/mol. The Morgan fingerprint density at radius 1 is 0.288 bits per heavy atom. The molecule has 1 aromatic heterocycles. The first-order valence-electron chi connectivity index (χ1n) is 17.7. The first-order chi connectivity index (χ1) is 25.7. The zero-order valence-corrected chi connectivity index (χ0v) is 28.4. The highest BCUT2D eigenvalue weighted by atomic mass is 16.3. The molecule has 0 fully saturated rings. The van der Waals surface area contributed by atoms with Crippen LogP contribution in [-0.4, -0.2) is 0 Å². The minimum Gasteiger partial charge on any atom is -0.456 e. The van der Waals surface area contributed by atoms with Crippen LogP contribution in [0.15, 0.2) is 205 Å². The number of anilines is 3. The first kappa shape index (κ1) is 30.0. The Morgan fingerprint density at radius 3 is 1.62 bits per heavy atom. The van der Waals surface area contributed by atoms with E-state index in [0.717, 1.165) is 33.6 Å². The summed E-state index contributed by atoms with van der Waals surface area (Å²) in [6, 6.07) is 71.8. The smallest absolute Gasteiger partial charge is 0.136 e. The molecular weight excluding hydrogens is 631 g/mol. The highest BCUT2D eigenvalue weighted by molar-refractivity contribution is 6.19. The van der Waals surface area contributed by atoms with Gasteiger partial charge in [-0.2, -0.15) is 0 Å². The quantitative estimate of drug-likeness (QED) is 0.176. The van der Waals surface area contributed by atoms with Crippen LogP contribution < -0.4 is 4.90 Å². The van der Waals surface area contributed by atoms with E-state index in [9.17, 15) is 0 Å². The molecule has 0 spiro atoms. The minimum absolute atomic E-state index is 0.918. The largest absolute Gasteiger partial charge is 0.456 e. The third kappa shape index (κ3) is 5.30. The second-order valence-electron chi connectivity index (χ2n) is 13.4. The van der Waals surface area contributed by atoms with Crippen molar-refractivity contribution in [3.8, 4) is 33.4 Å². The molecule has 1 heterocycles. The van der Waals surface area contributed by atoms with Crippen LogP contribution in [-0.2, 0) is 0 Å². The van der Waals surface area contributed by atoms with Gasteiger partial charge in [0, 0.05) is 27.8 Å². The molecule has 0 amide bonds. The molecule has 244 valence electrons. The van der Waals surface area contributed by atoms with Crippen LogP contribution in [0.2, 0.25) is 0 Å². The van der Waals surface area contributed by atoms with Gasteiger partial charge in [-0.05, 0) is 116 Å². The van der Waals surface area contributed by atoms with Gasteiger partial charge in [-0.3, -0.25) is 0 Å². The van der Waals surface area contributed by atoms with E-state index in [4.69, 9.17) is 4.42 Å². The fourth-order valence-electron chi connectivity index (χ4n) is 7.60. The molecule has 0 bridgehead atoms. The molecular formula is C50H33NO.